The van der Waals surface area contributed by atoms with Crippen LogP contribution in [0.5, 0.6) is 0 Å². The fourth-order valence-corrected chi connectivity index (χ4v) is 1.48. The quantitative estimate of drug-likeness (QED) is 0.458. The van der Waals surface area contributed by atoms with E-state index in [4.69, 9.17) is 5.11 Å². The molecule has 1 aromatic heterocycles. The third-order valence-electron chi connectivity index (χ3n) is 1.47. The molecule has 70 valence electrons. The number of ether oxygens (including phenoxy) is 1. The molecule has 0 saturated carbocycles. The molecule has 0 atom stereocenters. The van der Waals surface area contributed by atoms with Gasteiger partial charge in [0.15, 0.2) is 5.76 Å². The first-order valence-electron chi connectivity index (χ1n) is 3.74. The molecule has 0 amide bonds. The van der Waals surface area contributed by atoms with E-state index in [-0.39, 0.29) is 5.76 Å². The predicted molar refractivity (Wildman–Crippen MR) is 50.8 cm³/mol. The van der Waals surface area contributed by atoms with Crippen molar-refractivity contribution in [3.05, 3.63) is 34.2 Å². The monoisotopic (exact) mass is 198 g/mol. The maximum absolute atomic E-state index is 10.7. The molecule has 0 spiro atoms. The van der Waals surface area contributed by atoms with Gasteiger partial charge in [0.05, 0.1) is 7.11 Å². The molecule has 3 nitrogen and oxygen atoms in total. The van der Waals surface area contributed by atoms with Crippen LogP contribution in [0.3, 0.4) is 0 Å². The predicted octanol–water partition coefficient (Wildman–Crippen LogP) is 1.91. The molecule has 1 rings (SSSR count). The van der Waals surface area contributed by atoms with E-state index in [1.807, 2.05) is 17.5 Å². The Balaban J connectivity index is 2.53. The smallest absolute Gasteiger partial charge is 0.372 e. The van der Waals surface area contributed by atoms with Crippen LogP contribution in [0.15, 0.2) is 29.3 Å². The van der Waals surface area contributed by atoms with Gasteiger partial charge in [0, 0.05) is 11.3 Å². The highest BCUT2D eigenvalue weighted by molar-refractivity contribution is 7.09. The van der Waals surface area contributed by atoms with Gasteiger partial charge in [-0.3, -0.25) is 0 Å². The minimum Gasteiger partial charge on any atom is -0.502 e. The Morgan fingerprint density at radius 2 is 2.54 bits per heavy atom. The second kappa shape index (κ2) is 4.67. The van der Waals surface area contributed by atoms with Crippen LogP contribution in [0.2, 0.25) is 0 Å². The second-order valence-corrected chi connectivity index (χ2v) is 3.40. The number of methoxy groups -OCH3 is 1. The van der Waals surface area contributed by atoms with Gasteiger partial charge in [-0.25, -0.2) is 4.79 Å². The summed E-state index contributed by atoms with van der Waals surface area (Å²) in [6, 6.07) is 3.86. The topological polar surface area (TPSA) is 46.5 Å². The van der Waals surface area contributed by atoms with Gasteiger partial charge in [-0.2, -0.15) is 0 Å². The Labute approximate surface area is 80.3 Å². The number of aliphatic hydroxyl groups excluding tert-OH is 1. The average Bonchev–Trinajstić information content (AvgIpc) is 2.65. The van der Waals surface area contributed by atoms with E-state index in [0.717, 1.165) is 4.88 Å². The minimum atomic E-state index is -0.698. The normalized spacial score (nSPS) is 11.3. The molecule has 13 heavy (non-hydrogen) atoms. The first kappa shape index (κ1) is 9.80. The van der Waals surface area contributed by atoms with Crippen molar-refractivity contribution in [2.75, 3.05) is 7.11 Å². The van der Waals surface area contributed by atoms with Gasteiger partial charge >= 0.3 is 5.97 Å². The van der Waals surface area contributed by atoms with Crippen molar-refractivity contribution >= 4 is 17.3 Å². The first-order valence-corrected chi connectivity index (χ1v) is 4.62. The number of hydrogen-bond acceptors (Lipinski definition) is 4. The molecule has 0 bridgehead atoms. The molecule has 0 aromatic carbocycles. The molecule has 0 unspecified atom stereocenters. The molecule has 0 aliphatic heterocycles. The SMILES string of the molecule is COC(=O)C(O)=CCc1cccs1. The van der Waals surface area contributed by atoms with Crippen LogP contribution in [-0.2, 0) is 16.0 Å². The van der Waals surface area contributed by atoms with E-state index in [0.29, 0.717) is 6.42 Å². The molecule has 0 radical (unpaired) electrons. The maximum Gasteiger partial charge on any atom is 0.372 e. The third-order valence-corrected chi connectivity index (χ3v) is 2.37. The van der Waals surface area contributed by atoms with Crippen LogP contribution in [-0.4, -0.2) is 18.2 Å². The summed E-state index contributed by atoms with van der Waals surface area (Å²) in [5.41, 5.74) is 0. The number of carbonyl (C=O) groups is 1. The number of rotatable bonds is 3. The molecule has 1 N–H and O–H groups in total. The lowest BCUT2D eigenvalue weighted by molar-refractivity contribution is -0.139. The summed E-state index contributed by atoms with van der Waals surface area (Å²) in [5, 5.41) is 11.1. The van der Waals surface area contributed by atoms with Crippen molar-refractivity contribution in [1.29, 1.82) is 0 Å². The Bertz CT molecular complexity index is 301. The van der Waals surface area contributed by atoms with E-state index >= 15 is 0 Å². The highest BCUT2D eigenvalue weighted by atomic mass is 32.1. The Hall–Kier alpha value is -1.29. The molecular weight excluding hydrogens is 188 g/mol. The lowest BCUT2D eigenvalue weighted by atomic mass is 10.3. The standard InChI is InChI=1S/C9H10O3S/c1-12-9(11)8(10)5-4-7-3-2-6-13-7/h2-3,5-6,10H,4H2,1H3. The van der Waals surface area contributed by atoms with E-state index < -0.39 is 5.97 Å². The van der Waals surface area contributed by atoms with Gasteiger partial charge in [0.25, 0.3) is 0 Å². The summed E-state index contributed by atoms with van der Waals surface area (Å²) >= 11 is 1.58. The number of carbonyl (C=O) groups excluding carboxylic acids is 1. The number of thiophene rings is 1. The van der Waals surface area contributed by atoms with Crippen LogP contribution in [0.4, 0.5) is 0 Å². The second-order valence-electron chi connectivity index (χ2n) is 2.36. The number of hydrogen-bond donors (Lipinski definition) is 1. The summed E-state index contributed by atoms with van der Waals surface area (Å²) in [4.78, 5) is 11.8. The molecule has 1 aromatic rings. The zero-order valence-electron chi connectivity index (χ0n) is 7.19. The van der Waals surface area contributed by atoms with E-state index in [2.05, 4.69) is 4.74 Å². The molecular formula is C9H10O3S. The molecule has 4 heteroatoms. The largest absolute Gasteiger partial charge is 0.502 e. The molecule has 0 aliphatic carbocycles. The Kier molecular flexibility index (Phi) is 3.52. The van der Waals surface area contributed by atoms with Crippen molar-refractivity contribution < 1.29 is 14.6 Å². The molecule has 0 saturated heterocycles. The van der Waals surface area contributed by atoms with Gasteiger partial charge in [-0.15, -0.1) is 11.3 Å². The highest BCUT2D eigenvalue weighted by Crippen LogP contribution is 2.10. The number of aliphatic hydroxyl groups is 1. The molecule has 0 aliphatic rings. The summed E-state index contributed by atoms with van der Waals surface area (Å²) in [5.74, 6) is -1.03. The average molecular weight is 198 g/mol. The first-order chi connectivity index (χ1) is 6.24. The lowest BCUT2D eigenvalue weighted by Crippen LogP contribution is -2.03. The molecule has 0 fully saturated rings. The fraction of sp³-hybridized carbons (Fsp3) is 0.222. The van der Waals surface area contributed by atoms with Crippen molar-refractivity contribution in [2.24, 2.45) is 0 Å². The van der Waals surface area contributed by atoms with Crippen LogP contribution in [0, 0.1) is 0 Å². The summed E-state index contributed by atoms with van der Waals surface area (Å²) < 4.78 is 4.33. The van der Waals surface area contributed by atoms with Crippen molar-refractivity contribution in [1.82, 2.24) is 0 Å². The maximum atomic E-state index is 10.7. The lowest BCUT2D eigenvalue weighted by Gasteiger charge is -1.95. The van der Waals surface area contributed by atoms with E-state index in [9.17, 15) is 4.79 Å². The number of esters is 1. The van der Waals surface area contributed by atoms with Gasteiger partial charge < -0.3 is 9.84 Å². The fourth-order valence-electron chi connectivity index (χ4n) is 0.814. The Morgan fingerprint density at radius 3 is 3.08 bits per heavy atom. The van der Waals surface area contributed by atoms with Crippen LogP contribution in [0.1, 0.15) is 4.88 Å². The minimum absolute atomic E-state index is 0.337. The van der Waals surface area contributed by atoms with Gasteiger partial charge in [-0.05, 0) is 17.5 Å². The zero-order chi connectivity index (χ0) is 9.68. The number of allylic oxidation sites excluding steroid dienone is 1. The third kappa shape index (κ3) is 2.91. The summed E-state index contributed by atoms with van der Waals surface area (Å²) in [6.07, 6.45) is 2.00. The Morgan fingerprint density at radius 1 is 1.77 bits per heavy atom. The van der Waals surface area contributed by atoms with Crippen molar-refractivity contribution in [3.63, 3.8) is 0 Å². The summed E-state index contributed by atoms with van der Waals surface area (Å²) in [6.45, 7) is 0. The highest BCUT2D eigenvalue weighted by Gasteiger charge is 2.05. The van der Waals surface area contributed by atoms with Crippen LogP contribution in [0.25, 0.3) is 0 Å². The zero-order valence-corrected chi connectivity index (χ0v) is 8.00. The van der Waals surface area contributed by atoms with Crippen molar-refractivity contribution in [2.45, 2.75) is 6.42 Å². The van der Waals surface area contributed by atoms with Crippen molar-refractivity contribution in [3.8, 4) is 0 Å². The summed E-state index contributed by atoms with van der Waals surface area (Å²) in [7, 11) is 1.23. The van der Waals surface area contributed by atoms with Crippen LogP contribution < -0.4 is 0 Å². The van der Waals surface area contributed by atoms with E-state index in [1.165, 1.54) is 13.2 Å². The van der Waals surface area contributed by atoms with E-state index in [1.54, 1.807) is 11.3 Å². The van der Waals surface area contributed by atoms with Gasteiger partial charge in [-0.1, -0.05) is 6.07 Å². The van der Waals surface area contributed by atoms with Crippen LogP contribution >= 0.6 is 11.3 Å². The van der Waals surface area contributed by atoms with Gasteiger partial charge in [0.1, 0.15) is 0 Å². The van der Waals surface area contributed by atoms with Gasteiger partial charge in [0.2, 0.25) is 0 Å². The molecule has 1 heterocycles.